The minimum absolute atomic E-state index is 0.462. The summed E-state index contributed by atoms with van der Waals surface area (Å²) in [5, 5.41) is 38.1. The Balaban J connectivity index is 2.40. The number of carbonyl (C=O) groups excluding carboxylic acids is 1. The third kappa shape index (κ3) is 6.29. The van der Waals surface area contributed by atoms with Gasteiger partial charge in [0.15, 0.2) is 12.4 Å². The molecule has 1 fully saturated rings. The van der Waals surface area contributed by atoms with Gasteiger partial charge in [-0.15, -0.1) is 0 Å². The van der Waals surface area contributed by atoms with Gasteiger partial charge in [0.25, 0.3) is 0 Å². The Kier molecular flexibility index (Phi) is 9.76. The average Bonchev–Trinajstić information content (AvgIpc) is 2.57. The molecular weight excluding hydrogens is 316 g/mol. The van der Waals surface area contributed by atoms with E-state index in [2.05, 4.69) is 6.92 Å². The zero-order valence-corrected chi connectivity index (χ0v) is 14.2. The molecule has 0 aromatic carbocycles. The van der Waals surface area contributed by atoms with Crippen LogP contribution in [0.3, 0.4) is 0 Å². The zero-order valence-electron chi connectivity index (χ0n) is 14.2. The number of aliphatic hydroxyl groups is 4. The maximum Gasteiger partial charge on any atom is 0.309 e. The van der Waals surface area contributed by atoms with Crippen LogP contribution in [-0.4, -0.2) is 63.7 Å². The van der Waals surface area contributed by atoms with Crippen molar-refractivity contribution in [3.05, 3.63) is 6.92 Å². The predicted octanol–water partition coefficient (Wildman–Crippen LogP) is 0.407. The average molecular weight is 346 g/mol. The molecule has 140 valence electrons. The molecule has 4 N–H and O–H groups in total. The molecule has 24 heavy (non-hydrogen) atoms. The Bertz CT molecular complexity index is 361. The van der Waals surface area contributed by atoms with Crippen molar-refractivity contribution >= 4 is 5.97 Å². The summed E-state index contributed by atoms with van der Waals surface area (Å²) in [5.41, 5.74) is 0. The van der Waals surface area contributed by atoms with Crippen LogP contribution in [0.4, 0.5) is 0 Å². The number of carbonyl (C=O) groups is 1. The summed E-state index contributed by atoms with van der Waals surface area (Å²) in [6.45, 7) is 7.36. The van der Waals surface area contributed by atoms with E-state index in [1.165, 1.54) is 19.3 Å². The molecule has 0 amide bonds. The number of hydrogen-bond donors (Lipinski definition) is 4. The van der Waals surface area contributed by atoms with Crippen molar-refractivity contribution in [1.82, 2.24) is 0 Å². The Morgan fingerprint density at radius 1 is 1.12 bits per heavy atom. The maximum absolute atomic E-state index is 12.0. The first kappa shape index (κ1) is 21.3. The van der Waals surface area contributed by atoms with Crippen LogP contribution in [0.1, 0.15) is 51.9 Å². The third-order valence-electron chi connectivity index (χ3n) is 4.26. The highest BCUT2D eigenvalue weighted by molar-refractivity contribution is 5.73. The topological polar surface area (TPSA) is 116 Å². The second kappa shape index (κ2) is 11.0. The van der Waals surface area contributed by atoms with Gasteiger partial charge in [-0.1, -0.05) is 45.4 Å². The maximum atomic E-state index is 12.0. The van der Waals surface area contributed by atoms with E-state index >= 15 is 0 Å². The Labute approximate surface area is 143 Å². The minimum atomic E-state index is -1.65. The summed E-state index contributed by atoms with van der Waals surface area (Å²) in [6, 6.07) is 0. The van der Waals surface area contributed by atoms with Crippen LogP contribution in [0.2, 0.25) is 0 Å². The van der Waals surface area contributed by atoms with Crippen LogP contribution < -0.4 is 0 Å². The number of hydrogen-bond acceptors (Lipinski definition) is 7. The monoisotopic (exact) mass is 346 g/mol. The SMILES string of the molecule is [CH]C(CCCCCCCC)C(=O)OC1C(CO)OC(O)C(O)C1O. The van der Waals surface area contributed by atoms with Crippen molar-refractivity contribution in [2.24, 2.45) is 5.92 Å². The van der Waals surface area contributed by atoms with Crippen molar-refractivity contribution in [2.75, 3.05) is 6.61 Å². The molecule has 6 unspecified atom stereocenters. The Morgan fingerprint density at radius 3 is 2.38 bits per heavy atom. The van der Waals surface area contributed by atoms with Crippen molar-refractivity contribution in [3.63, 3.8) is 0 Å². The molecule has 0 aromatic heterocycles. The fourth-order valence-electron chi connectivity index (χ4n) is 2.70. The second-order valence-corrected chi connectivity index (χ2v) is 6.29. The van der Waals surface area contributed by atoms with Crippen LogP contribution in [0.25, 0.3) is 0 Å². The molecule has 0 spiro atoms. The van der Waals surface area contributed by atoms with Crippen LogP contribution in [-0.2, 0) is 14.3 Å². The summed E-state index contributed by atoms with van der Waals surface area (Å²) in [7, 11) is 0. The standard InChI is InChI=1S/C17H30O7/c1-3-4-5-6-7-8-9-11(2)16(21)24-15-12(10-18)23-17(22)14(20)13(15)19/h2,11-15,17-20,22H,3-10H2,1H3. The normalized spacial score (nSPS) is 31.7. The second-order valence-electron chi connectivity index (χ2n) is 6.29. The van der Waals surface area contributed by atoms with E-state index in [9.17, 15) is 25.2 Å². The first-order valence-corrected chi connectivity index (χ1v) is 8.69. The number of rotatable bonds is 10. The van der Waals surface area contributed by atoms with E-state index in [1.54, 1.807) is 0 Å². The zero-order chi connectivity index (χ0) is 18.1. The van der Waals surface area contributed by atoms with Gasteiger partial charge >= 0.3 is 5.97 Å². The molecular formula is C17H30O7. The summed E-state index contributed by atoms with van der Waals surface area (Å²) in [5.74, 6) is -1.56. The lowest BCUT2D eigenvalue weighted by Crippen LogP contribution is -2.60. The van der Waals surface area contributed by atoms with Gasteiger partial charge in [0, 0.05) is 0 Å². The summed E-state index contributed by atoms with van der Waals surface area (Å²) < 4.78 is 10.0. The van der Waals surface area contributed by atoms with Crippen molar-refractivity contribution in [1.29, 1.82) is 0 Å². The van der Waals surface area contributed by atoms with Gasteiger partial charge in [0.1, 0.15) is 18.3 Å². The smallest absolute Gasteiger partial charge is 0.309 e. The lowest BCUT2D eigenvalue weighted by atomic mass is 9.98. The van der Waals surface area contributed by atoms with Crippen molar-refractivity contribution in [2.45, 2.75) is 82.6 Å². The van der Waals surface area contributed by atoms with Crippen LogP contribution >= 0.6 is 0 Å². The van der Waals surface area contributed by atoms with E-state index in [0.29, 0.717) is 6.42 Å². The predicted molar refractivity (Wildman–Crippen MR) is 85.6 cm³/mol. The minimum Gasteiger partial charge on any atom is -0.456 e. The van der Waals surface area contributed by atoms with E-state index in [1.807, 2.05) is 0 Å². The van der Waals surface area contributed by atoms with Gasteiger partial charge in [-0.25, -0.2) is 0 Å². The Morgan fingerprint density at radius 2 is 1.75 bits per heavy atom. The quantitative estimate of drug-likeness (QED) is 0.334. The van der Waals surface area contributed by atoms with Crippen LogP contribution in [0.15, 0.2) is 0 Å². The van der Waals surface area contributed by atoms with Crippen molar-refractivity contribution < 1.29 is 34.7 Å². The number of unbranched alkanes of at least 4 members (excludes halogenated alkanes) is 5. The van der Waals surface area contributed by atoms with Crippen LogP contribution in [0, 0.1) is 12.8 Å². The van der Waals surface area contributed by atoms with Gasteiger partial charge < -0.3 is 29.9 Å². The fourth-order valence-corrected chi connectivity index (χ4v) is 2.70. The molecule has 7 heteroatoms. The van der Waals surface area contributed by atoms with Gasteiger partial charge in [0.05, 0.1) is 12.5 Å². The molecule has 1 aliphatic rings. The van der Waals surface area contributed by atoms with Gasteiger partial charge in [-0.2, -0.15) is 0 Å². The van der Waals surface area contributed by atoms with E-state index in [0.717, 1.165) is 19.3 Å². The third-order valence-corrected chi connectivity index (χ3v) is 4.26. The van der Waals surface area contributed by atoms with Gasteiger partial charge in [-0.3, -0.25) is 4.79 Å². The number of aliphatic hydroxyl groups excluding tert-OH is 4. The lowest BCUT2D eigenvalue weighted by Gasteiger charge is -2.39. The van der Waals surface area contributed by atoms with Gasteiger partial charge in [0.2, 0.25) is 0 Å². The van der Waals surface area contributed by atoms with Crippen molar-refractivity contribution in [3.8, 4) is 0 Å². The molecule has 0 saturated carbocycles. The molecule has 1 heterocycles. The van der Waals surface area contributed by atoms with Crippen LogP contribution in [0.5, 0.6) is 0 Å². The first-order chi connectivity index (χ1) is 11.4. The molecule has 1 aliphatic heterocycles. The first-order valence-electron chi connectivity index (χ1n) is 8.69. The number of esters is 1. The van der Waals surface area contributed by atoms with E-state index in [-0.39, 0.29) is 0 Å². The molecule has 0 aliphatic carbocycles. The highest BCUT2D eigenvalue weighted by Gasteiger charge is 2.46. The highest BCUT2D eigenvalue weighted by atomic mass is 16.7. The molecule has 6 atom stereocenters. The Hall–Kier alpha value is -0.730. The molecule has 0 bridgehead atoms. The largest absolute Gasteiger partial charge is 0.456 e. The highest BCUT2D eigenvalue weighted by Crippen LogP contribution is 2.24. The molecule has 2 radical (unpaired) electrons. The molecule has 7 nitrogen and oxygen atoms in total. The van der Waals surface area contributed by atoms with Gasteiger partial charge in [-0.05, 0) is 13.3 Å². The summed E-state index contributed by atoms with van der Waals surface area (Å²) >= 11 is 0. The summed E-state index contributed by atoms with van der Waals surface area (Å²) in [6.07, 6.45) is -0.352. The van der Waals surface area contributed by atoms with E-state index < -0.39 is 49.2 Å². The lowest BCUT2D eigenvalue weighted by molar-refractivity contribution is -0.290. The fraction of sp³-hybridized carbons (Fsp3) is 0.882. The number of ether oxygens (including phenoxy) is 2. The molecule has 1 saturated heterocycles. The molecule has 0 aromatic rings. The van der Waals surface area contributed by atoms with E-state index in [4.69, 9.17) is 16.4 Å². The summed E-state index contributed by atoms with van der Waals surface area (Å²) in [4.78, 5) is 12.0. The molecule has 1 rings (SSSR count).